The Labute approximate surface area is 206 Å². The van der Waals surface area contributed by atoms with Crippen LogP contribution in [0.3, 0.4) is 0 Å². The van der Waals surface area contributed by atoms with Crippen molar-refractivity contribution in [1.29, 1.82) is 0 Å². The normalized spacial score (nSPS) is 13.2. The molecule has 0 radical (unpaired) electrons. The van der Waals surface area contributed by atoms with E-state index in [1.54, 1.807) is 29.2 Å². The smallest absolute Gasteiger partial charge is 0.279 e. The third-order valence-corrected chi connectivity index (χ3v) is 6.11. The fourth-order valence-electron chi connectivity index (χ4n) is 4.16. The molecular formula is C25H23N5O6. The second-order valence-electron chi connectivity index (χ2n) is 8.27. The Kier molecular flexibility index (Phi) is 6.91. The summed E-state index contributed by atoms with van der Waals surface area (Å²) in [5.41, 5.74) is 0.230. The third kappa shape index (κ3) is 4.99. The maximum atomic E-state index is 13.3. The molecule has 4 rings (SSSR count). The zero-order chi connectivity index (χ0) is 25.8. The van der Waals surface area contributed by atoms with Gasteiger partial charge in [0.1, 0.15) is 0 Å². The highest BCUT2D eigenvalue weighted by Gasteiger charge is 2.27. The van der Waals surface area contributed by atoms with Crippen LogP contribution in [0.25, 0.3) is 0 Å². The number of anilines is 2. The molecule has 11 nitrogen and oxygen atoms in total. The fraction of sp³-hybridized carbons (Fsp3) is 0.200. The van der Waals surface area contributed by atoms with E-state index in [1.807, 2.05) is 30.3 Å². The number of piperazine rings is 1. The van der Waals surface area contributed by atoms with E-state index in [4.69, 9.17) is 0 Å². The monoisotopic (exact) mass is 489 g/mol. The second kappa shape index (κ2) is 10.2. The molecule has 0 aromatic heterocycles. The zero-order valence-electron chi connectivity index (χ0n) is 19.4. The van der Waals surface area contributed by atoms with Gasteiger partial charge in [-0.1, -0.05) is 30.3 Å². The molecular weight excluding hydrogens is 466 g/mol. The van der Waals surface area contributed by atoms with E-state index in [9.17, 15) is 29.8 Å². The van der Waals surface area contributed by atoms with Crippen LogP contribution in [0.2, 0.25) is 0 Å². The number of nitro groups is 2. The summed E-state index contributed by atoms with van der Waals surface area (Å²) >= 11 is 0. The van der Waals surface area contributed by atoms with Crippen LogP contribution in [0.15, 0.2) is 66.7 Å². The molecule has 36 heavy (non-hydrogen) atoms. The summed E-state index contributed by atoms with van der Waals surface area (Å²) in [4.78, 5) is 51.3. The molecule has 3 aromatic rings. The number of hydrogen-bond acceptors (Lipinski definition) is 7. The molecule has 11 heteroatoms. The Balaban J connectivity index is 1.54. The van der Waals surface area contributed by atoms with Crippen molar-refractivity contribution in [3.05, 3.63) is 104 Å². The minimum Gasteiger partial charge on any atom is -0.368 e. The van der Waals surface area contributed by atoms with E-state index in [2.05, 4.69) is 10.2 Å². The number of non-ortho nitro benzene ring substituents is 1. The Bertz CT molecular complexity index is 1340. The van der Waals surface area contributed by atoms with Crippen molar-refractivity contribution in [3.63, 3.8) is 0 Å². The lowest BCUT2D eigenvalue weighted by Crippen LogP contribution is -2.48. The molecule has 0 atom stereocenters. The molecule has 1 aliphatic heterocycles. The Morgan fingerprint density at radius 2 is 1.47 bits per heavy atom. The Hall–Kier alpha value is -4.80. The third-order valence-electron chi connectivity index (χ3n) is 6.11. The quantitative estimate of drug-likeness (QED) is 0.407. The molecule has 1 saturated heterocycles. The largest absolute Gasteiger partial charge is 0.368 e. The lowest BCUT2D eigenvalue weighted by molar-refractivity contribution is -0.394. The average Bonchev–Trinajstić information content (AvgIpc) is 2.89. The first kappa shape index (κ1) is 24.3. The first-order chi connectivity index (χ1) is 17.3. The molecule has 1 heterocycles. The lowest BCUT2D eigenvalue weighted by Gasteiger charge is -2.36. The van der Waals surface area contributed by atoms with Crippen molar-refractivity contribution < 1.29 is 19.4 Å². The van der Waals surface area contributed by atoms with E-state index in [1.165, 1.54) is 6.92 Å². The van der Waals surface area contributed by atoms with Crippen LogP contribution in [0.4, 0.5) is 22.7 Å². The van der Waals surface area contributed by atoms with Gasteiger partial charge < -0.3 is 15.1 Å². The number of nitro benzene ring substituents is 2. The van der Waals surface area contributed by atoms with Gasteiger partial charge in [0.25, 0.3) is 23.2 Å². The van der Waals surface area contributed by atoms with E-state index < -0.39 is 27.1 Å². The second-order valence-corrected chi connectivity index (χ2v) is 8.27. The zero-order valence-corrected chi connectivity index (χ0v) is 19.4. The highest BCUT2D eigenvalue weighted by atomic mass is 16.6. The molecule has 184 valence electrons. The molecule has 0 saturated carbocycles. The fourth-order valence-corrected chi connectivity index (χ4v) is 4.16. The Morgan fingerprint density at radius 3 is 2.11 bits per heavy atom. The molecule has 0 spiro atoms. The van der Waals surface area contributed by atoms with Crippen molar-refractivity contribution >= 4 is 34.6 Å². The summed E-state index contributed by atoms with van der Waals surface area (Å²) in [6, 6.07) is 18.2. The lowest BCUT2D eigenvalue weighted by atomic mass is 10.0. The van der Waals surface area contributed by atoms with Crippen LogP contribution in [-0.2, 0) is 0 Å². The van der Waals surface area contributed by atoms with Crippen LogP contribution >= 0.6 is 0 Å². The van der Waals surface area contributed by atoms with Crippen molar-refractivity contribution in [1.82, 2.24) is 4.90 Å². The average molecular weight is 489 g/mol. The summed E-state index contributed by atoms with van der Waals surface area (Å²) in [6.07, 6.45) is 0. The van der Waals surface area contributed by atoms with Gasteiger partial charge in [0.2, 0.25) is 0 Å². The Morgan fingerprint density at radius 1 is 0.833 bits per heavy atom. The van der Waals surface area contributed by atoms with Crippen molar-refractivity contribution in [2.75, 3.05) is 36.4 Å². The number of carbonyl (C=O) groups is 2. The highest BCUT2D eigenvalue weighted by Crippen LogP contribution is 2.29. The minimum atomic E-state index is -0.796. The van der Waals surface area contributed by atoms with Gasteiger partial charge in [-0.15, -0.1) is 0 Å². The molecule has 0 unspecified atom stereocenters. The number of benzene rings is 3. The number of amides is 2. The van der Waals surface area contributed by atoms with Crippen molar-refractivity contribution in [2.45, 2.75) is 6.92 Å². The van der Waals surface area contributed by atoms with Crippen LogP contribution in [0, 0.1) is 27.2 Å². The topological polar surface area (TPSA) is 139 Å². The maximum Gasteiger partial charge on any atom is 0.279 e. The van der Waals surface area contributed by atoms with E-state index >= 15 is 0 Å². The number of carbonyl (C=O) groups excluding carboxylic acids is 2. The van der Waals surface area contributed by atoms with E-state index in [0.717, 1.165) is 17.8 Å². The summed E-state index contributed by atoms with van der Waals surface area (Å²) in [5, 5.41) is 25.2. The van der Waals surface area contributed by atoms with Gasteiger partial charge in [-0.25, -0.2) is 0 Å². The van der Waals surface area contributed by atoms with E-state index in [-0.39, 0.29) is 28.3 Å². The maximum absolute atomic E-state index is 13.3. The predicted octanol–water partition coefficient (Wildman–Crippen LogP) is 4.03. The summed E-state index contributed by atoms with van der Waals surface area (Å²) in [7, 11) is 0. The molecule has 1 aliphatic rings. The van der Waals surface area contributed by atoms with E-state index in [0.29, 0.717) is 26.2 Å². The van der Waals surface area contributed by atoms with Gasteiger partial charge in [-0.2, -0.15) is 0 Å². The van der Waals surface area contributed by atoms with Crippen molar-refractivity contribution in [2.24, 2.45) is 0 Å². The number of rotatable bonds is 6. The summed E-state index contributed by atoms with van der Waals surface area (Å²) in [6.45, 7) is 3.64. The SMILES string of the molecule is Cc1c(C(=O)Nc2ccccc2C(=O)N2CCN(c3ccccc3)CC2)cc([N+](=O)[O-])cc1[N+](=O)[O-]. The number of nitrogens with one attached hydrogen (secondary N) is 1. The van der Waals surface area contributed by atoms with Crippen LogP contribution in [0.5, 0.6) is 0 Å². The molecule has 0 bridgehead atoms. The van der Waals surface area contributed by atoms with Gasteiger partial charge in [0.15, 0.2) is 0 Å². The molecule has 0 aliphatic carbocycles. The van der Waals surface area contributed by atoms with Gasteiger partial charge in [-0.3, -0.25) is 29.8 Å². The molecule has 3 aromatic carbocycles. The first-order valence-corrected chi connectivity index (χ1v) is 11.2. The number of nitrogens with zero attached hydrogens (tertiary/aromatic N) is 4. The van der Waals surface area contributed by atoms with Crippen LogP contribution in [-0.4, -0.2) is 52.7 Å². The highest BCUT2D eigenvalue weighted by molar-refractivity contribution is 6.10. The van der Waals surface area contributed by atoms with Gasteiger partial charge >= 0.3 is 0 Å². The standard InChI is InChI=1S/C25H23N5O6/c1-17-21(15-19(29(33)34)16-23(17)30(35)36)24(31)26-22-10-6-5-9-20(22)25(32)28-13-11-27(12-14-28)18-7-3-2-4-8-18/h2-10,15-16H,11-14H2,1H3,(H,26,31). The van der Waals surface area contributed by atoms with Gasteiger partial charge in [-0.05, 0) is 31.2 Å². The number of para-hydroxylation sites is 2. The molecule has 1 N–H and O–H groups in total. The first-order valence-electron chi connectivity index (χ1n) is 11.2. The summed E-state index contributed by atoms with van der Waals surface area (Å²) < 4.78 is 0. The van der Waals surface area contributed by atoms with Crippen LogP contribution < -0.4 is 10.2 Å². The molecule has 1 fully saturated rings. The summed E-state index contributed by atoms with van der Waals surface area (Å²) in [5.74, 6) is -1.05. The number of hydrogen-bond donors (Lipinski definition) is 1. The van der Waals surface area contributed by atoms with Gasteiger partial charge in [0, 0.05) is 43.5 Å². The van der Waals surface area contributed by atoms with Gasteiger partial charge in [0.05, 0.1) is 32.7 Å². The molecule has 2 amide bonds. The minimum absolute atomic E-state index is 0.0102. The predicted molar refractivity (Wildman–Crippen MR) is 133 cm³/mol. The van der Waals surface area contributed by atoms with Crippen LogP contribution in [0.1, 0.15) is 26.3 Å². The van der Waals surface area contributed by atoms with Crippen molar-refractivity contribution in [3.8, 4) is 0 Å².